The molecule has 0 aromatic heterocycles. The number of ether oxygens (including phenoxy) is 4. The van der Waals surface area contributed by atoms with Crippen LogP contribution in [0.25, 0.3) is 6.08 Å². The van der Waals surface area contributed by atoms with Gasteiger partial charge in [-0.05, 0) is 36.2 Å². The van der Waals surface area contributed by atoms with E-state index in [1.807, 2.05) is 20.8 Å². The van der Waals surface area contributed by atoms with Gasteiger partial charge in [0, 0.05) is 23.7 Å². The minimum atomic E-state index is -4.94. The number of halogens is 4. The van der Waals surface area contributed by atoms with Gasteiger partial charge in [-0.3, -0.25) is 0 Å². The second-order valence-corrected chi connectivity index (χ2v) is 9.32. The van der Waals surface area contributed by atoms with E-state index in [9.17, 15) is 32.9 Å². The Labute approximate surface area is 215 Å². The number of esters is 1. The lowest BCUT2D eigenvalue weighted by Gasteiger charge is -2.30. The van der Waals surface area contributed by atoms with Crippen molar-refractivity contribution >= 4 is 29.8 Å². The second kappa shape index (κ2) is 12.3. The van der Waals surface area contributed by atoms with Crippen LogP contribution in [-0.2, 0) is 29.3 Å². The minimum absolute atomic E-state index is 0.0945. The smallest absolute Gasteiger partial charge is 0.475 e. The number of nitrogens with zero attached hydrogens (tertiary/aromatic N) is 2. The topological polar surface area (TPSA) is 127 Å². The molecule has 0 bridgehead atoms. The summed E-state index contributed by atoms with van der Waals surface area (Å²) in [5, 5.41) is 9.43. The molecule has 0 fully saturated rings. The van der Waals surface area contributed by atoms with E-state index in [0.717, 1.165) is 6.08 Å². The summed E-state index contributed by atoms with van der Waals surface area (Å²) in [4.78, 5) is 39.8. The molecule has 1 aliphatic heterocycles. The lowest BCUT2D eigenvalue weighted by atomic mass is 9.85. The number of likely N-dealkylation sites (N-methyl/N-ethyl adjacent to an activating group) is 1. The largest absolute Gasteiger partial charge is 0.511 e. The van der Waals surface area contributed by atoms with Crippen molar-refractivity contribution < 1.29 is 51.6 Å². The number of benzene rings is 1. The van der Waals surface area contributed by atoms with Gasteiger partial charge in [0.15, 0.2) is 0 Å². The summed E-state index contributed by atoms with van der Waals surface area (Å²) in [5.74, 6) is -1.51. The van der Waals surface area contributed by atoms with Gasteiger partial charge in [-0.25, -0.2) is 9.59 Å². The Morgan fingerprint density at radius 3 is 2.38 bits per heavy atom. The Morgan fingerprint density at radius 1 is 1.14 bits per heavy atom. The molecule has 1 aromatic carbocycles. The average Bonchev–Trinajstić information content (AvgIpc) is 2.76. The van der Waals surface area contributed by atoms with E-state index in [0.29, 0.717) is 5.56 Å². The van der Waals surface area contributed by atoms with Crippen molar-refractivity contribution in [2.45, 2.75) is 38.5 Å². The van der Waals surface area contributed by atoms with E-state index in [-0.39, 0.29) is 42.6 Å². The zero-order valence-corrected chi connectivity index (χ0v) is 21.2. The summed E-state index contributed by atoms with van der Waals surface area (Å²) in [5.41, 5.74) is -0.607. The number of hydrogen-bond donors (Lipinski definition) is 0. The number of carbonyl (C=O) groups is 2. The zero-order valence-electron chi connectivity index (χ0n) is 20.4. The number of fused-ring (bicyclic) bond motifs is 1. The van der Waals surface area contributed by atoms with E-state index >= 15 is 0 Å². The molecule has 11 nitrogen and oxygen atoms in total. The van der Waals surface area contributed by atoms with Gasteiger partial charge in [-0.15, -0.1) is 10.1 Å². The van der Waals surface area contributed by atoms with Gasteiger partial charge in [0.1, 0.15) is 19.0 Å². The molecule has 1 aromatic rings. The van der Waals surface area contributed by atoms with Crippen molar-refractivity contribution in [1.29, 1.82) is 0 Å². The van der Waals surface area contributed by atoms with E-state index in [2.05, 4.69) is 14.3 Å². The molecule has 1 heterocycles. The standard InChI is InChI=1S/C22H26ClF3N2O9/c1-21(2,3)15-11-17-13(10-16(15)23)9-14(18(37-17)22(24,25)26)19(29)34-12-35-20(30)33-7-5-27(4)6-8-36-28(31)32/h9-11,18H,5-8,12H2,1-4H3. The van der Waals surface area contributed by atoms with Gasteiger partial charge in [0.05, 0.1) is 5.57 Å². The highest BCUT2D eigenvalue weighted by Gasteiger charge is 2.49. The van der Waals surface area contributed by atoms with Crippen molar-refractivity contribution in [1.82, 2.24) is 4.90 Å². The van der Waals surface area contributed by atoms with Crippen LogP contribution >= 0.6 is 11.6 Å². The van der Waals surface area contributed by atoms with Crippen molar-refractivity contribution in [2.75, 3.05) is 40.1 Å². The maximum atomic E-state index is 13.7. The Hall–Kier alpha value is -3.26. The third kappa shape index (κ3) is 8.97. The van der Waals surface area contributed by atoms with Gasteiger partial charge in [-0.2, -0.15) is 13.2 Å². The first kappa shape index (κ1) is 30.0. The quantitative estimate of drug-likeness (QED) is 0.180. The predicted octanol–water partition coefficient (Wildman–Crippen LogP) is 4.14. The van der Waals surface area contributed by atoms with Crippen molar-refractivity contribution in [2.24, 2.45) is 0 Å². The van der Waals surface area contributed by atoms with E-state index in [4.69, 9.17) is 21.1 Å². The molecule has 206 valence electrons. The van der Waals surface area contributed by atoms with Crippen LogP contribution in [0.2, 0.25) is 5.02 Å². The molecule has 1 unspecified atom stereocenters. The van der Waals surface area contributed by atoms with Crippen LogP contribution in [0.15, 0.2) is 17.7 Å². The first-order valence-corrected chi connectivity index (χ1v) is 11.2. The molecule has 0 amide bonds. The molecular formula is C22H26ClF3N2O9. The van der Waals surface area contributed by atoms with Crippen molar-refractivity contribution in [3.8, 4) is 5.75 Å². The highest BCUT2D eigenvalue weighted by Crippen LogP contribution is 2.42. The average molecular weight is 555 g/mol. The Morgan fingerprint density at radius 2 is 1.78 bits per heavy atom. The third-order valence-electron chi connectivity index (χ3n) is 5.01. The maximum Gasteiger partial charge on any atom is 0.511 e. The first-order valence-electron chi connectivity index (χ1n) is 10.8. The normalized spacial score (nSPS) is 15.3. The molecule has 0 saturated heterocycles. The number of carbonyl (C=O) groups excluding carboxylic acids is 2. The van der Waals surface area contributed by atoms with Crippen molar-refractivity contribution in [3.63, 3.8) is 0 Å². The summed E-state index contributed by atoms with van der Waals surface area (Å²) in [7, 11) is 1.59. The summed E-state index contributed by atoms with van der Waals surface area (Å²) < 4.78 is 60.1. The van der Waals surface area contributed by atoms with Gasteiger partial charge in [-0.1, -0.05) is 32.4 Å². The molecule has 2 rings (SSSR count). The summed E-state index contributed by atoms with van der Waals surface area (Å²) in [6.07, 6.45) is -7.83. The van der Waals surface area contributed by atoms with Crippen LogP contribution in [0.3, 0.4) is 0 Å². The monoisotopic (exact) mass is 554 g/mol. The minimum Gasteiger partial charge on any atom is -0.475 e. The van der Waals surface area contributed by atoms with Crippen LogP contribution < -0.4 is 4.74 Å². The summed E-state index contributed by atoms with van der Waals surface area (Å²) in [6, 6.07) is 2.80. The van der Waals surface area contributed by atoms with Crippen LogP contribution in [0.4, 0.5) is 18.0 Å². The van der Waals surface area contributed by atoms with E-state index in [1.54, 1.807) is 11.9 Å². The molecule has 0 aliphatic carbocycles. The Balaban J connectivity index is 1.96. The summed E-state index contributed by atoms with van der Waals surface area (Å²) >= 11 is 6.29. The lowest BCUT2D eigenvalue weighted by Crippen LogP contribution is -2.41. The van der Waals surface area contributed by atoms with Crippen molar-refractivity contribution in [3.05, 3.63) is 44.0 Å². The highest BCUT2D eigenvalue weighted by molar-refractivity contribution is 6.31. The van der Waals surface area contributed by atoms with Crippen LogP contribution in [0, 0.1) is 10.1 Å². The SMILES string of the molecule is CN(CCOC(=O)OCOC(=O)C1=Cc2cc(Cl)c(C(C)(C)C)cc2OC1C(F)(F)F)CCO[N+](=O)[O-]. The van der Waals surface area contributed by atoms with Crippen LogP contribution in [0.5, 0.6) is 5.75 Å². The van der Waals surface area contributed by atoms with Gasteiger partial charge in [0.25, 0.3) is 5.09 Å². The molecule has 0 radical (unpaired) electrons. The highest BCUT2D eigenvalue weighted by atomic mass is 35.5. The van der Waals surface area contributed by atoms with Gasteiger partial charge in [0.2, 0.25) is 12.9 Å². The summed E-state index contributed by atoms with van der Waals surface area (Å²) in [6.45, 7) is 4.49. The Bertz CT molecular complexity index is 1040. The van der Waals surface area contributed by atoms with E-state index in [1.165, 1.54) is 12.1 Å². The molecule has 0 saturated carbocycles. The lowest BCUT2D eigenvalue weighted by molar-refractivity contribution is -0.757. The molecular weight excluding hydrogens is 529 g/mol. The molecule has 1 atom stereocenters. The second-order valence-electron chi connectivity index (χ2n) is 8.91. The number of alkyl halides is 3. The molecule has 0 spiro atoms. The fourth-order valence-electron chi connectivity index (χ4n) is 3.13. The van der Waals surface area contributed by atoms with Gasteiger partial charge < -0.3 is 28.7 Å². The molecule has 1 aliphatic rings. The maximum absolute atomic E-state index is 13.7. The van der Waals surface area contributed by atoms with Crippen LogP contribution in [0.1, 0.15) is 31.9 Å². The Kier molecular flexibility index (Phi) is 9.98. The molecule has 37 heavy (non-hydrogen) atoms. The fourth-order valence-corrected chi connectivity index (χ4v) is 3.58. The number of rotatable bonds is 10. The van der Waals surface area contributed by atoms with E-state index < -0.39 is 47.3 Å². The zero-order chi connectivity index (χ0) is 28.0. The van der Waals surface area contributed by atoms with Crippen LogP contribution in [-0.4, -0.2) is 74.5 Å². The number of hydrogen-bond acceptors (Lipinski definition) is 10. The van der Waals surface area contributed by atoms with Gasteiger partial charge >= 0.3 is 18.3 Å². The molecule has 15 heteroatoms. The fraction of sp³-hybridized carbons (Fsp3) is 0.545. The first-order chi connectivity index (χ1) is 17.1. The molecule has 0 N–H and O–H groups in total. The predicted molar refractivity (Wildman–Crippen MR) is 122 cm³/mol. The third-order valence-corrected chi connectivity index (χ3v) is 5.32.